The highest BCUT2D eigenvalue weighted by molar-refractivity contribution is 7.20. The molecule has 0 radical (unpaired) electrons. The topological polar surface area (TPSA) is 103 Å². The number of rotatable bonds is 5. The van der Waals surface area contributed by atoms with Gasteiger partial charge in [0, 0.05) is 18.0 Å². The highest BCUT2D eigenvalue weighted by Gasteiger charge is 2.25. The molecule has 4 aromatic rings. The van der Waals surface area contributed by atoms with Crippen molar-refractivity contribution in [3.8, 4) is 11.3 Å². The lowest BCUT2D eigenvalue weighted by atomic mass is 10.2. The third-order valence-electron chi connectivity index (χ3n) is 4.65. The summed E-state index contributed by atoms with van der Waals surface area (Å²) in [5.41, 5.74) is 1.96. The lowest BCUT2D eigenvalue weighted by Crippen LogP contribution is -2.29. The maximum Gasteiger partial charge on any atom is 0.349 e. The molecule has 0 saturated heterocycles. The van der Waals surface area contributed by atoms with Gasteiger partial charge in [0.2, 0.25) is 0 Å². The number of benzene rings is 1. The summed E-state index contributed by atoms with van der Waals surface area (Å²) in [5.74, 6) is -1.16. The van der Waals surface area contributed by atoms with Gasteiger partial charge in [0.15, 0.2) is 11.2 Å². The smallest absolute Gasteiger partial charge is 0.349 e. The molecular weight excluding hydrogens is 436 g/mol. The fourth-order valence-corrected chi connectivity index (χ4v) is 4.70. The maximum atomic E-state index is 12.6. The molecule has 4 rings (SSSR count). The minimum atomic E-state index is -1.04. The van der Waals surface area contributed by atoms with E-state index in [0.29, 0.717) is 20.9 Å². The highest BCUT2D eigenvalue weighted by Crippen LogP contribution is 2.28. The van der Waals surface area contributed by atoms with Crippen molar-refractivity contribution in [1.29, 1.82) is 0 Å². The predicted octanol–water partition coefficient (Wildman–Crippen LogP) is 3.61. The lowest BCUT2D eigenvalue weighted by Gasteiger charge is -2.12. The number of thiophene rings is 1. The third kappa shape index (κ3) is 4.12. The molecule has 10 heteroatoms. The van der Waals surface area contributed by atoms with E-state index in [2.05, 4.69) is 15.3 Å². The Kier molecular flexibility index (Phi) is 5.66. The Balaban J connectivity index is 1.46. The molecule has 0 fully saturated rings. The van der Waals surface area contributed by atoms with Crippen LogP contribution in [0.1, 0.15) is 22.2 Å². The number of fused-ring (bicyclic) bond motifs is 1. The summed E-state index contributed by atoms with van der Waals surface area (Å²) >= 11 is 2.36. The number of carbonyl (C=O) groups excluding carboxylic acids is 2. The Morgan fingerprint density at radius 1 is 1.23 bits per heavy atom. The Hall–Kier alpha value is -3.37. The molecule has 0 aliphatic heterocycles. The van der Waals surface area contributed by atoms with Crippen molar-refractivity contribution in [2.24, 2.45) is 7.05 Å². The van der Waals surface area contributed by atoms with Gasteiger partial charge in [-0.3, -0.25) is 14.9 Å². The van der Waals surface area contributed by atoms with Crippen molar-refractivity contribution in [3.63, 3.8) is 0 Å². The van der Waals surface area contributed by atoms with Crippen LogP contribution in [0.4, 0.5) is 5.13 Å². The molecule has 3 aromatic heterocycles. The maximum absolute atomic E-state index is 12.6. The molecule has 0 spiro atoms. The van der Waals surface area contributed by atoms with E-state index in [1.807, 2.05) is 35.7 Å². The number of esters is 1. The van der Waals surface area contributed by atoms with Gasteiger partial charge in [-0.2, -0.15) is 0 Å². The first-order valence-corrected chi connectivity index (χ1v) is 11.0. The summed E-state index contributed by atoms with van der Waals surface area (Å²) in [6.07, 6.45) is 0.362. The van der Waals surface area contributed by atoms with E-state index in [4.69, 9.17) is 4.74 Å². The number of amides is 1. The van der Waals surface area contributed by atoms with Crippen LogP contribution in [0, 0.1) is 6.92 Å². The molecule has 1 aromatic carbocycles. The van der Waals surface area contributed by atoms with E-state index in [-0.39, 0.29) is 10.4 Å². The largest absolute Gasteiger partial charge is 0.448 e. The van der Waals surface area contributed by atoms with Gasteiger partial charge in [0.1, 0.15) is 9.71 Å². The average Bonchev–Trinajstić information content (AvgIpc) is 3.36. The first-order chi connectivity index (χ1) is 14.8. The third-order valence-corrected chi connectivity index (χ3v) is 6.59. The van der Waals surface area contributed by atoms with Crippen molar-refractivity contribution >= 4 is 49.9 Å². The number of nitrogens with one attached hydrogen (secondary N) is 1. The number of hydrogen-bond acceptors (Lipinski definition) is 8. The standard InChI is InChI=1S/C21H18N4O4S2/c1-11-15-18(22-10-25(3)19(15)27)31-16(11)20(28)29-12(2)17(26)24-21-23-14(9-30-21)13-7-5-4-6-8-13/h4-10,12H,1-3H3,(H,23,24,26). The van der Waals surface area contributed by atoms with Crippen LogP contribution < -0.4 is 10.9 Å². The fourth-order valence-electron chi connectivity index (χ4n) is 2.95. The van der Waals surface area contributed by atoms with E-state index in [0.717, 1.165) is 22.6 Å². The second-order valence-electron chi connectivity index (χ2n) is 6.84. The molecule has 3 heterocycles. The predicted molar refractivity (Wildman–Crippen MR) is 121 cm³/mol. The van der Waals surface area contributed by atoms with Gasteiger partial charge in [0.25, 0.3) is 11.5 Å². The molecule has 1 amide bonds. The zero-order valence-electron chi connectivity index (χ0n) is 16.9. The second-order valence-corrected chi connectivity index (χ2v) is 8.69. The molecule has 31 heavy (non-hydrogen) atoms. The van der Waals surface area contributed by atoms with E-state index in [1.54, 1.807) is 14.0 Å². The first kappa shape index (κ1) is 20.9. The van der Waals surface area contributed by atoms with Crippen LogP contribution in [-0.4, -0.2) is 32.5 Å². The zero-order valence-corrected chi connectivity index (χ0v) is 18.5. The van der Waals surface area contributed by atoms with Crippen molar-refractivity contribution in [3.05, 3.63) is 62.8 Å². The molecule has 1 atom stereocenters. The zero-order chi connectivity index (χ0) is 22.1. The molecule has 8 nitrogen and oxygen atoms in total. The van der Waals surface area contributed by atoms with E-state index in [9.17, 15) is 14.4 Å². The van der Waals surface area contributed by atoms with E-state index < -0.39 is 18.0 Å². The van der Waals surface area contributed by atoms with E-state index in [1.165, 1.54) is 29.2 Å². The molecular formula is C21H18N4O4S2. The van der Waals surface area contributed by atoms with Crippen molar-refractivity contribution in [2.45, 2.75) is 20.0 Å². The monoisotopic (exact) mass is 454 g/mol. The number of aromatic nitrogens is 3. The average molecular weight is 455 g/mol. The molecule has 1 N–H and O–H groups in total. The van der Waals surface area contributed by atoms with Gasteiger partial charge in [0.05, 0.1) is 17.4 Å². The second kappa shape index (κ2) is 8.40. The number of anilines is 1. The highest BCUT2D eigenvalue weighted by atomic mass is 32.1. The number of ether oxygens (including phenoxy) is 1. The van der Waals surface area contributed by atoms with Gasteiger partial charge in [-0.1, -0.05) is 30.3 Å². The Bertz CT molecular complexity index is 1340. The number of thiazole rings is 1. The molecule has 1 unspecified atom stereocenters. The van der Waals surface area contributed by atoms with Crippen molar-refractivity contribution in [2.75, 3.05) is 5.32 Å². The summed E-state index contributed by atoms with van der Waals surface area (Å²) in [7, 11) is 1.60. The van der Waals surface area contributed by atoms with Crippen molar-refractivity contribution < 1.29 is 14.3 Å². The summed E-state index contributed by atoms with van der Waals surface area (Å²) in [5, 5.41) is 5.32. The van der Waals surface area contributed by atoms with Crippen LogP contribution in [-0.2, 0) is 16.6 Å². The van der Waals surface area contributed by atoms with Gasteiger partial charge in [-0.15, -0.1) is 22.7 Å². The molecule has 0 aliphatic carbocycles. The van der Waals surface area contributed by atoms with Crippen molar-refractivity contribution in [1.82, 2.24) is 14.5 Å². The normalized spacial score (nSPS) is 12.0. The lowest BCUT2D eigenvalue weighted by molar-refractivity contribution is -0.123. The number of hydrogen-bond donors (Lipinski definition) is 1. The number of aryl methyl sites for hydroxylation is 2. The van der Waals surface area contributed by atoms with Gasteiger partial charge in [-0.25, -0.2) is 14.8 Å². The summed E-state index contributed by atoms with van der Waals surface area (Å²) < 4.78 is 6.69. The molecule has 0 aliphatic rings. The Morgan fingerprint density at radius 3 is 2.71 bits per heavy atom. The minimum Gasteiger partial charge on any atom is -0.448 e. The van der Waals surface area contributed by atoms with Crippen LogP contribution in [0.15, 0.2) is 46.8 Å². The Morgan fingerprint density at radius 2 is 1.97 bits per heavy atom. The van der Waals surface area contributed by atoms with E-state index >= 15 is 0 Å². The van der Waals surface area contributed by atoms with Gasteiger partial charge < -0.3 is 9.30 Å². The number of carbonyl (C=O) groups is 2. The summed E-state index contributed by atoms with van der Waals surface area (Å²) in [4.78, 5) is 46.8. The van der Waals surface area contributed by atoms with Crippen LogP contribution in [0.3, 0.4) is 0 Å². The molecule has 158 valence electrons. The quantitative estimate of drug-likeness (QED) is 0.462. The van der Waals surface area contributed by atoms with Gasteiger partial charge >= 0.3 is 5.97 Å². The summed E-state index contributed by atoms with van der Waals surface area (Å²) in [6, 6.07) is 9.60. The summed E-state index contributed by atoms with van der Waals surface area (Å²) in [6.45, 7) is 3.16. The molecule has 0 bridgehead atoms. The van der Waals surface area contributed by atoms with Crippen LogP contribution in [0.2, 0.25) is 0 Å². The van der Waals surface area contributed by atoms with Gasteiger partial charge in [-0.05, 0) is 19.4 Å². The fraction of sp³-hybridized carbons (Fsp3) is 0.190. The minimum absolute atomic E-state index is 0.235. The van der Waals surface area contributed by atoms with Crippen LogP contribution in [0.5, 0.6) is 0 Å². The SMILES string of the molecule is Cc1c(C(=O)OC(C)C(=O)Nc2nc(-c3ccccc3)cs2)sc2ncn(C)c(=O)c12. The first-order valence-electron chi connectivity index (χ1n) is 9.32. The number of nitrogens with zero attached hydrogens (tertiary/aromatic N) is 3. The molecule has 0 saturated carbocycles. The van der Waals surface area contributed by atoms with Crippen LogP contribution in [0.25, 0.3) is 21.5 Å². The Labute approximate surface area is 185 Å². The van der Waals surface area contributed by atoms with Crippen LogP contribution >= 0.6 is 22.7 Å².